The zero-order valence-corrected chi connectivity index (χ0v) is 13.7. The van der Waals surface area contributed by atoms with Crippen LogP contribution >= 0.6 is 0 Å². The highest BCUT2D eigenvalue weighted by Gasteiger charge is 2.24. The summed E-state index contributed by atoms with van der Waals surface area (Å²) < 4.78 is 2.04. The lowest BCUT2D eigenvalue weighted by atomic mass is 9.92. The average molecular weight is 292 g/mol. The first-order valence-corrected chi connectivity index (χ1v) is 8.03. The highest BCUT2D eigenvalue weighted by molar-refractivity contribution is 5.80. The van der Waals surface area contributed by atoms with E-state index in [4.69, 9.17) is 4.99 Å². The zero-order chi connectivity index (χ0) is 15.2. The van der Waals surface area contributed by atoms with Crippen LogP contribution in [0.4, 0.5) is 0 Å². The van der Waals surface area contributed by atoms with Gasteiger partial charge >= 0.3 is 0 Å². The van der Waals surface area contributed by atoms with Gasteiger partial charge in [-0.15, -0.1) is 10.2 Å². The molecule has 21 heavy (non-hydrogen) atoms. The summed E-state index contributed by atoms with van der Waals surface area (Å²) in [7, 11) is 0. The molecule has 1 aromatic rings. The third kappa shape index (κ3) is 4.19. The molecule has 2 heterocycles. The van der Waals surface area contributed by atoms with E-state index in [9.17, 15) is 0 Å². The molecule has 1 aliphatic rings. The number of hydrogen-bond donors (Lipinski definition) is 1. The second-order valence-corrected chi connectivity index (χ2v) is 6.05. The second-order valence-electron chi connectivity index (χ2n) is 6.05. The van der Waals surface area contributed by atoms with Crippen LogP contribution < -0.4 is 5.32 Å². The fourth-order valence-electron chi connectivity index (χ4n) is 3.07. The fraction of sp³-hybridized carbons (Fsp3) is 0.800. The first kappa shape index (κ1) is 15.8. The van der Waals surface area contributed by atoms with Crippen molar-refractivity contribution in [3.05, 3.63) is 12.2 Å². The summed E-state index contributed by atoms with van der Waals surface area (Å²) in [5.41, 5.74) is 0. The van der Waals surface area contributed by atoms with E-state index < -0.39 is 0 Å². The van der Waals surface area contributed by atoms with Crippen LogP contribution in [0.2, 0.25) is 0 Å². The molecule has 0 amide bonds. The molecule has 0 aliphatic carbocycles. The maximum Gasteiger partial charge on any atom is 0.194 e. The molecular formula is C15H28N6. The van der Waals surface area contributed by atoms with Gasteiger partial charge in [0.1, 0.15) is 12.9 Å². The molecule has 2 atom stereocenters. The molecular weight excluding hydrogens is 264 g/mol. The number of rotatable bonds is 4. The predicted molar refractivity (Wildman–Crippen MR) is 85.0 cm³/mol. The van der Waals surface area contributed by atoms with Crippen LogP contribution in [0.25, 0.3) is 0 Å². The quantitative estimate of drug-likeness (QED) is 0.678. The summed E-state index contributed by atoms with van der Waals surface area (Å²) in [6, 6.07) is 0. The summed E-state index contributed by atoms with van der Waals surface area (Å²) in [6.45, 7) is 13.4. The monoisotopic (exact) mass is 292 g/mol. The summed E-state index contributed by atoms with van der Waals surface area (Å²) >= 11 is 0. The number of piperidine rings is 1. The van der Waals surface area contributed by atoms with Gasteiger partial charge in [-0.1, -0.05) is 13.8 Å². The normalized spacial score (nSPS) is 23.4. The van der Waals surface area contributed by atoms with Crippen molar-refractivity contribution in [2.75, 3.05) is 19.6 Å². The first-order valence-electron chi connectivity index (χ1n) is 8.03. The number of nitrogens with one attached hydrogen (secondary N) is 1. The Morgan fingerprint density at radius 3 is 2.67 bits per heavy atom. The molecule has 0 bridgehead atoms. The minimum Gasteiger partial charge on any atom is -0.357 e. The Kier molecular flexibility index (Phi) is 5.59. The van der Waals surface area contributed by atoms with Crippen LogP contribution in [0.15, 0.2) is 11.3 Å². The van der Waals surface area contributed by atoms with Crippen molar-refractivity contribution in [3.63, 3.8) is 0 Å². The van der Waals surface area contributed by atoms with Crippen molar-refractivity contribution in [1.29, 1.82) is 0 Å². The van der Waals surface area contributed by atoms with E-state index in [1.54, 1.807) is 6.33 Å². The number of nitrogens with zero attached hydrogens (tertiary/aromatic N) is 5. The minimum absolute atomic E-state index is 0.579. The maximum atomic E-state index is 4.77. The van der Waals surface area contributed by atoms with Crippen LogP contribution in [-0.2, 0) is 13.1 Å². The number of aromatic nitrogens is 3. The van der Waals surface area contributed by atoms with Gasteiger partial charge in [-0.05, 0) is 32.1 Å². The SMILES string of the molecule is CCNC(=NCc1nncn1CC)N1CC(C)CC(C)C1. The van der Waals surface area contributed by atoms with Gasteiger partial charge in [-0.3, -0.25) is 0 Å². The number of hydrogen-bond acceptors (Lipinski definition) is 3. The summed E-state index contributed by atoms with van der Waals surface area (Å²) in [4.78, 5) is 7.15. The fourth-order valence-corrected chi connectivity index (χ4v) is 3.07. The van der Waals surface area contributed by atoms with Gasteiger partial charge in [0.05, 0.1) is 0 Å². The molecule has 0 saturated carbocycles. The van der Waals surface area contributed by atoms with Crippen LogP contribution in [0.5, 0.6) is 0 Å². The van der Waals surface area contributed by atoms with E-state index in [2.05, 4.69) is 48.1 Å². The van der Waals surface area contributed by atoms with Gasteiger partial charge < -0.3 is 14.8 Å². The van der Waals surface area contributed by atoms with Crippen molar-refractivity contribution >= 4 is 5.96 Å². The Labute approximate surface area is 127 Å². The van der Waals surface area contributed by atoms with Crippen molar-refractivity contribution < 1.29 is 0 Å². The summed E-state index contributed by atoms with van der Waals surface area (Å²) in [6.07, 6.45) is 3.07. The van der Waals surface area contributed by atoms with Crippen LogP contribution in [0.3, 0.4) is 0 Å². The third-order valence-electron chi connectivity index (χ3n) is 3.91. The van der Waals surface area contributed by atoms with Crippen molar-refractivity contribution in [3.8, 4) is 0 Å². The van der Waals surface area contributed by atoms with E-state index in [1.807, 2.05) is 4.57 Å². The lowest BCUT2D eigenvalue weighted by molar-refractivity contribution is 0.208. The molecule has 0 spiro atoms. The molecule has 0 aromatic carbocycles. The highest BCUT2D eigenvalue weighted by Crippen LogP contribution is 2.21. The number of likely N-dealkylation sites (tertiary alicyclic amines) is 1. The van der Waals surface area contributed by atoms with Gasteiger partial charge in [0, 0.05) is 26.2 Å². The Hall–Kier alpha value is -1.59. The van der Waals surface area contributed by atoms with Gasteiger partial charge in [0.25, 0.3) is 0 Å². The molecule has 1 N–H and O–H groups in total. The van der Waals surface area contributed by atoms with Crippen LogP contribution in [-0.4, -0.2) is 45.3 Å². The van der Waals surface area contributed by atoms with Gasteiger partial charge in [0.15, 0.2) is 11.8 Å². The highest BCUT2D eigenvalue weighted by atomic mass is 15.3. The summed E-state index contributed by atoms with van der Waals surface area (Å²) in [5, 5.41) is 11.5. The van der Waals surface area contributed by atoms with Gasteiger partial charge in [-0.2, -0.15) is 0 Å². The van der Waals surface area contributed by atoms with E-state index in [0.29, 0.717) is 6.54 Å². The van der Waals surface area contributed by atoms with Crippen LogP contribution in [0.1, 0.15) is 39.9 Å². The molecule has 0 radical (unpaired) electrons. The van der Waals surface area contributed by atoms with E-state index in [0.717, 1.165) is 49.8 Å². The smallest absolute Gasteiger partial charge is 0.194 e. The minimum atomic E-state index is 0.579. The molecule has 6 heteroatoms. The zero-order valence-electron chi connectivity index (χ0n) is 13.7. The Morgan fingerprint density at radius 2 is 2.05 bits per heavy atom. The first-order chi connectivity index (χ1) is 10.1. The van der Waals surface area contributed by atoms with Gasteiger partial charge in [-0.25, -0.2) is 4.99 Å². The van der Waals surface area contributed by atoms with Crippen molar-refractivity contribution in [1.82, 2.24) is 25.0 Å². The molecule has 1 aliphatic heterocycles. The van der Waals surface area contributed by atoms with E-state index >= 15 is 0 Å². The molecule has 1 fully saturated rings. The van der Waals surface area contributed by atoms with Crippen LogP contribution in [0, 0.1) is 11.8 Å². The number of aliphatic imine (C=N–C) groups is 1. The molecule has 2 unspecified atom stereocenters. The Balaban J connectivity index is 2.08. The Morgan fingerprint density at radius 1 is 1.33 bits per heavy atom. The van der Waals surface area contributed by atoms with E-state index in [1.165, 1.54) is 6.42 Å². The molecule has 1 aromatic heterocycles. The molecule has 118 valence electrons. The summed E-state index contributed by atoms with van der Waals surface area (Å²) in [5.74, 6) is 3.36. The van der Waals surface area contributed by atoms with Gasteiger partial charge in [0.2, 0.25) is 0 Å². The maximum absolute atomic E-state index is 4.77. The number of aryl methyl sites for hydroxylation is 1. The molecule has 1 saturated heterocycles. The lowest BCUT2D eigenvalue weighted by Crippen LogP contribution is -2.48. The Bertz CT molecular complexity index is 456. The topological polar surface area (TPSA) is 58.3 Å². The largest absolute Gasteiger partial charge is 0.357 e. The number of guanidine groups is 1. The standard InChI is InChI=1S/C15H28N6/c1-5-16-15(21-9-12(3)7-13(4)10-21)17-8-14-19-18-11-20(14)6-2/h11-13H,5-10H2,1-4H3,(H,16,17). The lowest BCUT2D eigenvalue weighted by Gasteiger charge is -2.37. The molecule has 6 nitrogen and oxygen atoms in total. The second kappa shape index (κ2) is 7.43. The van der Waals surface area contributed by atoms with Crippen molar-refractivity contribution in [2.24, 2.45) is 16.8 Å². The molecule has 2 rings (SSSR count). The third-order valence-corrected chi connectivity index (χ3v) is 3.91. The van der Waals surface area contributed by atoms with Crippen molar-refractivity contribution in [2.45, 2.75) is 47.2 Å². The predicted octanol–water partition coefficient (Wildman–Crippen LogP) is 1.74. The average Bonchev–Trinajstić information content (AvgIpc) is 2.89. The van der Waals surface area contributed by atoms with E-state index in [-0.39, 0.29) is 0 Å².